The van der Waals surface area contributed by atoms with Crippen molar-refractivity contribution in [3.05, 3.63) is 70.9 Å². The van der Waals surface area contributed by atoms with E-state index in [2.05, 4.69) is 6.07 Å². The monoisotopic (exact) mass is 354 g/mol. The highest BCUT2D eigenvalue weighted by Crippen LogP contribution is 2.37. The van der Waals surface area contributed by atoms with Gasteiger partial charge in [-0.2, -0.15) is 5.26 Å². The smallest absolute Gasteiger partial charge is 0.283 e. The van der Waals surface area contributed by atoms with Gasteiger partial charge in [0.15, 0.2) is 0 Å². The number of hydrogen-bond donors (Lipinski definition) is 0. The maximum absolute atomic E-state index is 13.3. The van der Waals surface area contributed by atoms with Crippen LogP contribution in [0.5, 0.6) is 0 Å². The topological polar surface area (TPSA) is 70.5 Å². The van der Waals surface area contributed by atoms with Crippen molar-refractivity contribution >= 4 is 34.2 Å². The van der Waals surface area contributed by atoms with E-state index >= 15 is 0 Å². The molecule has 5 rings (SSSR count). The molecule has 130 valence electrons. The van der Waals surface area contributed by atoms with Crippen molar-refractivity contribution in [3.8, 4) is 6.07 Å². The second-order valence-electron chi connectivity index (χ2n) is 6.70. The highest BCUT2D eigenvalue weighted by Gasteiger charge is 2.44. The van der Waals surface area contributed by atoms with Crippen molar-refractivity contribution in [1.29, 1.82) is 5.26 Å². The molecule has 4 aromatic rings. The van der Waals surface area contributed by atoms with Crippen molar-refractivity contribution in [1.82, 2.24) is 8.97 Å². The Morgan fingerprint density at radius 3 is 2.41 bits per heavy atom. The Kier molecular flexibility index (Phi) is 2.90. The molecule has 1 aliphatic rings. The Labute approximate surface area is 154 Å². The molecule has 1 aliphatic heterocycles. The fourth-order valence-corrected chi connectivity index (χ4v) is 3.99. The molecule has 0 spiro atoms. The van der Waals surface area contributed by atoms with Gasteiger partial charge < -0.3 is 4.57 Å². The second kappa shape index (κ2) is 5.08. The molecule has 3 heterocycles. The van der Waals surface area contributed by atoms with Crippen molar-refractivity contribution in [2.24, 2.45) is 7.05 Å². The predicted molar refractivity (Wildman–Crippen MR) is 101 cm³/mol. The van der Waals surface area contributed by atoms with E-state index in [9.17, 15) is 14.9 Å². The number of benzene rings is 2. The summed E-state index contributed by atoms with van der Waals surface area (Å²) in [5.41, 5.74) is 4.37. The van der Waals surface area contributed by atoms with Gasteiger partial charge in [-0.25, -0.2) is 4.90 Å². The van der Waals surface area contributed by atoms with Gasteiger partial charge in [-0.1, -0.05) is 24.3 Å². The van der Waals surface area contributed by atoms with Crippen molar-refractivity contribution in [3.63, 3.8) is 0 Å². The van der Waals surface area contributed by atoms with Crippen molar-refractivity contribution < 1.29 is 9.59 Å². The number of anilines is 1. The number of carbonyl (C=O) groups excluding carboxylic acids is 2. The fourth-order valence-electron chi connectivity index (χ4n) is 3.99. The molecule has 0 aliphatic carbocycles. The maximum Gasteiger partial charge on any atom is 0.283 e. The van der Waals surface area contributed by atoms with Crippen LogP contribution in [0.4, 0.5) is 5.69 Å². The first-order valence-corrected chi connectivity index (χ1v) is 8.52. The zero-order valence-electron chi connectivity index (χ0n) is 14.7. The van der Waals surface area contributed by atoms with E-state index in [-0.39, 0.29) is 16.8 Å². The van der Waals surface area contributed by atoms with Crippen LogP contribution in [0.3, 0.4) is 0 Å². The summed E-state index contributed by atoms with van der Waals surface area (Å²) in [6.45, 7) is 1.90. The minimum absolute atomic E-state index is 0.181. The minimum atomic E-state index is -0.454. The van der Waals surface area contributed by atoms with Crippen molar-refractivity contribution in [2.45, 2.75) is 6.92 Å². The van der Waals surface area contributed by atoms with E-state index in [0.29, 0.717) is 11.3 Å². The average molecular weight is 354 g/mol. The van der Waals surface area contributed by atoms with Crippen LogP contribution in [-0.4, -0.2) is 20.8 Å². The molecule has 0 radical (unpaired) electrons. The number of hydrogen-bond acceptors (Lipinski definition) is 3. The number of nitriles is 1. The molecule has 2 amide bonds. The van der Waals surface area contributed by atoms with E-state index in [1.54, 1.807) is 22.6 Å². The molecule has 0 N–H and O–H groups in total. The van der Waals surface area contributed by atoms with Crippen LogP contribution in [0.1, 0.15) is 32.0 Å². The Balaban J connectivity index is 1.88. The second-order valence-corrected chi connectivity index (χ2v) is 6.70. The van der Waals surface area contributed by atoms with E-state index in [0.717, 1.165) is 21.5 Å². The molecule has 0 saturated carbocycles. The Morgan fingerprint density at radius 1 is 0.963 bits per heavy atom. The van der Waals surface area contributed by atoms with Crippen LogP contribution in [0, 0.1) is 18.3 Å². The van der Waals surface area contributed by atoms with Crippen LogP contribution in [0.25, 0.3) is 16.7 Å². The summed E-state index contributed by atoms with van der Waals surface area (Å²) in [7, 11) is 1.83. The molecule has 0 atom stereocenters. The van der Waals surface area contributed by atoms with Crippen LogP contribution in [0.2, 0.25) is 0 Å². The van der Waals surface area contributed by atoms with Crippen LogP contribution >= 0.6 is 0 Å². The van der Waals surface area contributed by atoms with Gasteiger partial charge in [-0.15, -0.1) is 0 Å². The molecule has 6 nitrogen and oxygen atoms in total. The van der Waals surface area contributed by atoms with Crippen molar-refractivity contribution in [2.75, 3.05) is 4.90 Å². The number of nitrogens with zero attached hydrogens (tertiary/aromatic N) is 4. The lowest BCUT2D eigenvalue weighted by atomic mass is 10.1. The summed E-state index contributed by atoms with van der Waals surface area (Å²) in [6, 6.07) is 17.0. The molecule has 2 aromatic carbocycles. The number of rotatable bonds is 1. The van der Waals surface area contributed by atoms with Gasteiger partial charge in [-0.05, 0) is 36.8 Å². The Morgan fingerprint density at radius 2 is 1.70 bits per heavy atom. The van der Waals surface area contributed by atoms with E-state index < -0.39 is 11.8 Å². The molecule has 0 saturated heterocycles. The minimum Gasteiger partial charge on any atom is -0.328 e. The molecular weight excluding hydrogens is 340 g/mol. The summed E-state index contributed by atoms with van der Waals surface area (Å²) in [6.07, 6.45) is 0. The number of para-hydroxylation sites is 2. The number of fused-ring (bicyclic) bond motifs is 5. The van der Waals surface area contributed by atoms with Crippen LogP contribution in [0.15, 0.2) is 48.5 Å². The maximum atomic E-state index is 13.3. The highest BCUT2D eigenvalue weighted by molar-refractivity contribution is 6.35. The summed E-state index contributed by atoms with van der Waals surface area (Å²) < 4.78 is 3.59. The molecule has 27 heavy (non-hydrogen) atoms. The van der Waals surface area contributed by atoms with Gasteiger partial charge in [0.05, 0.1) is 22.3 Å². The number of amides is 2. The van der Waals surface area contributed by atoms with Gasteiger partial charge in [0.25, 0.3) is 11.8 Å². The van der Waals surface area contributed by atoms with E-state index in [4.69, 9.17) is 0 Å². The van der Waals surface area contributed by atoms with Crippen LogP contribution < -0.4 is 4.90 Å². The number of imidazole rings is 1. The number of carbonyl (C=O) groups is 2. The normalized spacial score (nSPS) is 13.6. The summed E-state index contributed by atoms with van der Waals surface area (Å²) >= 11 is 0. The molecule has 0 fully saturated rings. The molecule has 0 bridgehead atoms. The van der Waals surface area contributed by atoms with E-state index in [1.165, 1.54) is 0 Å². The first-order chi connectivity index (χ1) is 13.0. The number of aryl methyl sites for hydroxylation is 2. The third-order valence-corrected chi connectivity index (χ3v) is 5.14. The average Bonchev–Trinajstić information content (AvgIpc) is 3.24. The lowest BCUT2D eigenvalue weighted by Gasteiger charge is -2.15. The van der Waals surface area contributed by atoms with Gasteiger partial charge >= 0.3 is 0 Å². The third kappa shape index (κ3) is 1.78. The van der Waals surface area contributed by atoms with Crippen LogP contribution in [-0.2, 0) is 7.05 Å². The zero-order chi connectivity index (χ0) is 18.9. The van der Waals surface area contributed by atoms with Gasteiger partial charge in [0.1, 0.15) is 23.0 Å². The lowest BCUT2D eigenvalue weighted by Crippen LogP contribution is -2.30. The Bertz CT molecular complexity index is 1350. The summed E-state index contributed by atoms with van der Waals surface area (Å²) in [4.78, 5) is 27.6. The first kappa shape index (κ1) is 15.4. The van der Waals surface area contributed by atoms with Gasteiger partial charge in [0.2, 0.25) is 0 Å². The quantitative estimate of drug-likeness (QED) is 0.492. The Hall–Kier alpha value is -3.85. The number of aromatic nitrogens is 2. The predicted octanol–water partition coefficient (Wildman–Crippen LogP) is 3.41. The lowest BCUT2D eigenvalue weighted by molar-refractivity contribution is 0.0924. The molecule has 6 heteroatoms. The standard InChI is InChI=1S/C21H14N4O2/c1-12-6-5-7-13(10-12)24-20(26)17-14(11-22)19-23(2)15-8-3-4-9-16(15)25(19)18(17)21(24)27/h3-10H,1-2H3. The molecule has 2 aromatic heterocycles. The molecule has 0 unspecified atom stereocenters. The largest absolute Gasteiger partial charge is 0.328 e. The summed E-state index contributed by atoms with van der Waals surface area (Å²) in [5.74, 6) is -0.863. The first-order valence-electron chi connectivity index (χ1n) is 8.52. The fraction of sp³-hybridized carbons (Fsp3) is 0.0952. The summed E-state index contributed by atoms with van der Waals surface area (Å²) in [5, 5.41) is 9.78. The van der Waals surface area contributed by atoms with Gasteiger partial charge in [-0.3, -0.25) is 14.0 Å². The SMILES string of the molecule is Cc1cccc(N2C(=O)c3c(C#N)c4n(C)c5ccccc5n4c3C2=O)c1. The highest BCUT2D eigenvalue weighted by atomic mass is 16.2. The van der Waals surface area contributed by atoms with Gasteiger partial charge in [0, 0.05) is 7.05 Å². The number of imide groups is 1. The van der Waals surface area contributed by atoms with E-state index in [1.807, 2.05) is 48.9 Å². The third-order valence-electron chi connectivity index (χ3n) is 5.14. The molecular formula is C21H14N4O2. The zero-order valence-corrected chi connectivity index (χ0v) is 14.7.